The van der Waals surface area contributed by atoms with Crippen LogP contribution in [0.4, 0.5) is 5.69 Å². The zero-order valence-corrected chi connectivity index (χ0v) is 14.8. The van der Waals surface area contributed by atoms with Gasteiger partial charge in [-0.15, -0.1) is 0 Å². The number of likely N-dealkylation sites (tertiary alicyclic amines) is 1. The summed E-state index contributed by atoms with van der Waals surface area (Å²) < 4.78 is 2.26. The van der Waals surface area contributed by atoms with Crippen molar-refractivity contribution in [3.05, 3.63) is 27.1 Å². The lowest BCUT2D eigenvalue weighted by atomic mass is 10.1. The Kier molecular flexibility index (Phi) is 5.72. The Balaban J connectivity index is 2.00. The van der Waals surface area contributed by atoms with E-state index in [-0.39, 0.29) is 0 Å². The molecule has 19 heavy (non-hydrogen) atoms. The van der Waals surface area contributed by atoms with Crippen molar-refractivity contribution in [3.8, 4) is 0 Å². The third kappa shape index (κ3) is 4.20. The summed E-state index contributed by atoms with van der Waals surface area (Å²) in [6.07, 6.45) is 3.74. The van der Waals surface area contributed by atoms with E-state index in [2.05, 4.69) is 68.1 Å². The summed E-state index contributed by atoms with van der Waals surface area (Å²) in [6, 6.07) is 7.45. The molecule has 0 aromatic heterocycles. The lowest BCUT2D eigenvalue weighted by molar-refractivity contribution is 0.230. The second-order valence-electron chi connectivity index (χ2n) is 5.50. The highest BCUT2D eigenvalue weighted by Crippen LogP contribution is 2.32. The van der Waals surface area contributed by atoms with Gasteiger partial charge in [-0.25, -0.2) is 0 Å². The number of nitrogens with zero attached hydrogens (tertiary/aromatic N) is 1. The molecule has 1 saturated heterocycles. The smallest absolute Gasteiger partial charge is 0.0631 e. The van der Waals surface area contributed by atoms with E-state index in [4.69, 9.17) is 0 Å². The predicted octanol–water partition coefficient (Wildman–Crippen LogP) is 4.89. The van der Waals surface area contributed by atoms with Crippen molar-refractivity contribution in [3.63, 3.8) is 0 Å². The molecule has 1 atom stereocenters. The Morgan fingerprint density at radius 1 is 1.16 bits per heavy atom. The predicted molar refractivity (Wildman–Crippen MR) is 89.8 cm³/mol. The van der Waals surface area contributed by atoms with Crippen molar-refractivity contribution in [2.24, 2.45) is 0 Å². The molecule has 0 bridgehead atoms. The lowest BCUT2D eigenvalue weighted by Gasteiger charge is -2.24. The van der Waals surface area contributed by atoms with Gasteiger partial charge < -0.3 is 10.2 Å². The molecular formula is C15H22Br2N2. The Labute approximate surface area is 133 Å². The van der Waals surface area contributed by atoms with Gasteiger partial charge in [-0.1, -0.05) is 6.07 Å². The van der Waals surface area contributed by atoms with Gasteiger partial charge in [0.2, 0.25) is 0 Å². The van der Waals surface area contributed by atoms with Crippen LogP contribution in [-0.4, -0.2) is 30.1 Å². The van der Waals surface area contributed by atoms with Gasteiger partial charge in [-0.2, -0.15) is 0 Å². The SMILES string of the molecule is CC(C)N1CCCC(Nc2c(Br)cccc2Br)CC1. The summed E-state index contributed by atoms with van der Waals surface area (Å²) in [5.41, 5.74) is 1.19. The van der Waals surface area contributed by atoms with E-state index in [1.54, 1.807) is 0 Å². The van der Waals surface area contributed by atoms with Gasteiger partial charge in [0.15, 0.2) is 0 Å². The number of anilines is 1. The average Bonchev–Trinajstić information content (AvgIpc) is 2.59. The molecule has 1 aromatic rings. The number of hydrogen-bond donors (Lipinski definition) is 1. The lowest BCUT2D eigenvalue weighted by Crippen LogP contribution is -2.32. The first-order valence-electron chi connectivity index (χ1n) is 7.02. The van der Waals surface area contributed by atoms with E-state index in [1.807, 2.05) is 6.07 Å². The van der Waals surface area contributed by atoms with Gasteiger partial charge >= 0.3 is 0 Å². The summed E-state index contributed by atoms with van der Waals surface area (Å²) in [6.45, 7) is 7.00. The largest absolute Gasteiger partial charge is 0.380 e. The minimum absolute atomic E-state index is 0.568. The Morgan fingerprint density at radius 3 is 2.47 bits per heavy atom. The first-order valence-corrected chi connectivity index (χ1v) is 8.61. The summed E-state index contributed by atoms with van der Waals surface area (Å²) in [4.78, 5) is 2.58. The molecule has 2 nitrogen and oxygen atoms in total. The Morgan fingerprint density at radius 2 is 1.84 bits per heavy atom. The summed E-state index contributed by atoms with van der Waals surface area (Å²) >= 11 is 7.25. The zero-order valence-electron chi connectivity index (χ0n) is 11.6. The van der Waals surface area contributed by atoms with E-state index in [1.165, 1.54) is 38.0 Å². The van der Waals surface area contributed by atoms with Gasteiger partial charge in [0.25, 0.3) is 0 Å². The molecule has 1 heterocycles. The summed E-state index contributed by atoms with van der Waals surface area (Å²) in [5.74, 6) is 0. The fourth-order valence-electron chi connectivity index (χ4n) is 2.62. The van der Waals surface area contributed by atoms with Gasteiger partial charge in [-0.3, -0.25) is 0 Å². The molecule has 1 unspecified atom stereocenters. The molecule has 1 N–H and O–H groups in total. The molecule has 1 fully saturated rings. The van der Waals surface area contributed by atoms with Crippen LogP contribution in [0, 0.1) is 0 Å². The van der Waals surface area contributed by atoms with Gasteiger partial charge in [0.05, 0.1) is 5.69 Å². The molecule has 0 amide bonds. The molecule has 0 radical (unpaired) electrons. The number of nitrogens with one attached hydrogen (secondary N) is 1. The van der Waals surface area contributed by atoms with Crippen LogP contribution in [0.25, 0.3) is 0 Å². The van der Waals surface area contributed by atoms with Crippen molar-refractivity contribution in [2.45, 2.75) is 45.2 Å². The van der Waals surface area contributed by atoms with Crippen LogP contribution in [0.3, 0.4) is 0 Å². The topological polar surface area (TPSA) is 15.3 Å². The Hall–Kier alpha value is -0.0600. The van der Waals surface area contributed by atoms with E-state index in [9.17, 15) is 0 Å². The summed E-state index contributed by atoms with van der Waals surface area (Å²) in [5, 5.41) is 3.70. The second-order valence-corrected chi connectivity index (χ2v) is 7.21. The van der Waals surface area contributed by atoms with E-state index < -0.39 is 0 Å². The molecule has 106 valence electrons. The van der Waals surface area contributed by atoms with Crippen LogP contribution in [0.2, 0.25) is 0 Å². The molecule has 0 aliphatic carbocycles. The van der Waals surface area contributed by atoms with E-state index in [0.29, 0.717) is 12.1 Å². The highest BCUT2D eigenvalue weighted by molar-refractivity contribution is 9.11. The van der Waals surface area contributed by atoms with Crippen LogP contribution in [0.15, 0.2) is 27.1 Å². The van der Waals surface area contributed by atoms with Crippen molar-refractivity contribution < 1.29 is 0 Å². The van der Waals surface area contributed by atoms with Crippen LogP contribution in [0.5, 0.6) is 0 Å². The van der Waals surface area contributed by atoms with Crippen molar-refractivity contribution in [1.29, 1.82) is 0 Å². The van der Waals surface area contributed by atoms with Crippen LogP contribution in [0.1, 0.15) is 33.1 Å². The van der Waals surface area contributed by atoms with Crippen LogP contribution < -0.4 is 5.32 Å². The maximum Gasteiger partial charge on any atom is 0.0631 e. The molecule has 1 aromatic carbocycles. The maximum absolute atomic E-state index is 3.70. The van der Waals surface area contributed by atoms with Crippen LogP contribution in [-0.2, 0) is 0 Å². The first-order chi connectivity index (χ1) is 9.08. The molecule has 1 aliphatic heterocycles. The quantitative estimate of drug-likeness (QED) is 0.791. The van der Waals surface area contributed by atoms with Crippen molar-refractivity contribution in [1.82, 2.24) is 4.90 Å². The molecular weight excluding hydrogens is 368 g/mol. The number of halogens is 2. The van der Waals surface area contributed by atoms with E-state index in [0.717, 1.165) is 8.95 Å². The van der Waals surface area contributed by atoms with E-state index >= 15 is 0 Å². The third-order valence-electron chi connectivity index (χ3n) is 3.80. The van der Waals surface area contributed by atoms with Gasteiger partial charge in [0.1, 0.15) is 0 Å². The summed E-state index contributed by atoms with van der Waals surface area (Å²) in [7, 11) is 0. The number of rotatable bonds is 3. The average molecular weight is 390 g/mol. The molecule has 1 aliphatic rings. The fourth-order valence-corrected chi connectivity index (χ4v) is 3.85. The molecule has 4 heteroatoms. The number of benzene rings is 1. The fraction of sp³-hybridized carbons (Fsp3) is 0.600. The van der Waals surface area contributed by atoms with Crippen LogP contribution >= 0.6 is 31.9 Å². The highest BCUT2D eigenvalue weighted by Gasteiger charge is 2.19. The molecule has 0 saturated carbocycles. The van der Waals surface area contributed by atoms with Crippen molar-refractivity contribution >= 4 is 37.5 Å². The first kappa shape index (κ1) is 15.3. The molecule has 2 rings (SSSR count). The highest BCUT2D eigenvalue weighted by atomic mass is 79.9. The zero-order chi connectivity index (χ0) is 13.8. The molecule has 0 spiro atoms. The van der Waals surface area contributed by atoms with Gasteiger partial charge in [0, 0.05) is 27.6 Å². The second kappa shape index (κ2) is 7.09. The standard InChI is InChI=1S/C15H22Br2N2/c1-11(2)19-9-4-5-12(8-10-19)18-15-13(16)6-3-7-14(15)17/h3,6-7,11-12,18H,4-5,8-10H2,1-2H3. The monoisotopic (exact) mass is 388 g/mol. The maximum atomic E-state index is 3.70. The minimum Gasteiger partial charge on any atom is -0.380 e. The normalized spacial score (nSPS) is 21.4. The third-order valence-corrected chi connectivity index (χ3v) is 5.13. The Bertz CT molecular complexity index is 400. The number of hydrogen-bond acceptors (Lipinski definition) is 2. The number of para-hydroxylation sites is 1. The van der Waals surface area contributed by atoms with Gasteiger partial charge in [-0.05, 0) is 83.6 Å². The van der Waals surface area contributed by atoms with Crippen molar-refractivity contribution in [2.75, 3.05) is 18.4 Å². The minimum atomic E-state index is 0.568.